The lowest BCUT2D eigenvalue weighted by atomic mass is 9.94. The predicted octanol–water partition coefficient (Wildman–Crippen LogP) is 10.6. The molecule has 3 aromatic heterocycles. The normalized spacial score (nSPS) is 11.3. The number of oxazole rings is 1. The molecule has 0 aliphatic rings. The van der Waals surface area contributed by atoms with E-state index in [4.69, 9.17) is 29.3 Å². The number of hydrogen-bond acceptors (Lipinski definition) is 6. The van der Waals surface area contributed by atoms with Gasteiger partial charge in [0.1, 0.15) is 5.52 Å². The molecule has 0 N–H and O–H groups in total. The fourth-order valence-electron chi connectivity index (χ4n) is 6.23. The molecule has 3 heterocycles. The molecular formula is C43H27N5O. The van der Waals surface area contributed by atoms with Crippen LogP contribution in [0.15, 0.2) is 168 Å². The second-order valence-electron chi connectivity index (χ2n) is 11.8. The molecule has 9 rings (SSSR count). The molecule has 6 nitrogen and oxygen atoms in total. The van der Waals surface area contributed by atoms with Gasteiger partial charge in [-0.2, -0.15) is 0 Å². The number of nitrogens with zero attached hydrogens (tertiary/aromatic N) is 5. The van der Waals surface area contributed by atoms with E-state index in [1.807, 2.05) is 115 Å². The molecule has 0 radical (unpaired) electrons. The van der Waals surface area contributed by atoms with Crippen molar-refractivity contribution in [2.45, 2.75) is 0 Å². The summed E-state index contributed by atoms with van der Waals surface area (Å²) in [7, 11) is 0. The van der Waals surface area contributed by atoms with Crippen LogP contribution in [0, 0.1) is 0 Å². The summed E-state index contributed by atoms with van der Waals surface area (Å²) in [5.41, 5.74) is 9.93. The highest BCUT2D eigenvalue weighted by atomic mass is 16.3. The first-order valence-corrected chi connectivity index (χ1v) is 16.1. The Kier molecular flexibility index (Phi) is 7.02. The zero-order valence-corrected chi connectivity index (χ0v) is 26.2. The van der Waals surface area contributed by atoms with Gasteiger partial charge < -0.3 is 4.42 Å². The minimum absolute atomic E-state index is 0.571. The summed E-state index contributed by atoms with van der Waals surface area (Å²) in [4.78, 5) is 24.8. The van der Waals surface area contributed by atoms with Crippen molar-refractivity contribution < 1.29 is 4.42 Å². The van der Waals surface area contributed by atoms with Crippen LogP contribution in [0.4, 0.5) is 0 Å². The molecule has 0 amide bonds. The van der Waals surface area contributed by atoms with Gasteiger partial charge in [-0.25, -0.2) is 19.9 Å². The fourth-order valence-corrected chi connectivity index (χ4v) is 6.23. The first kappa shape index (κ1) is 28.4. The van der Waals surface area contributed by atoms with Crippen LogP contribution >= 0.6 is 0 Å². The summed E-state index contributed by atoms with van der Waals surface area (Å²) in [6.45, 7) is 0. The first-order valence-electron chi connectivity index (χ1n) is 16.1. The molecule has 0 bridgehead atoms. The Morgan fingerprint density at radius 3 is 1.51 bits per heavy atom. The summed E-state index contributed by atoms with van der Waals surface area (Å²) in [6.07, 6.45) is 1.84. The average Bonchev–Trinajstić information content (AvgIpc) is 3.63. The summed E-state index contributed by atoms with van der Waals surface area (Å²) in [5, 5.41) is 1.07. The van der Waals surface area contributed by atoms with Crippen LogP contribution < -0.4 is 0 Å². The molecule has 0 unspecified atom stereocenters. The SMILES string of the molecule is c1ccc(-c2nc(-c3ccccc3)nc(-c3cc(-c4cccc5cccnc45)cc(-c4cccc5oc(-c6ccccc6)nc45)c3)n2)cc1. The van der Waals surface area contributed by atoms with Crippen LogP contribution in [0.3, 0.4) is 0 Å². The Hall–Kier alpha value is -6.79. The van der Waals surface area contributed by atoms with Gasteiger partial charge in [0.2, 0.25) is 5.89 Å². The van der Waals surface area contributed by atoms with E-state index < -0.39 is 0 Å². The minimum atomic E-state index is 0.571. The first-order chi connectivity index (χ1) is 24.3. The molecule has 0 aliphatic heterocycles. The van der Waals surface area contributed by atoms with Gasteiger partial charge >= 0.3 is 0 Å². The summed E-state index contributed by atoms with van der Waals surface area (Å²) >= 11 is 0. The lowest BCUT2D eigenvalue weighted by molar-refractivity contribution is 0.620. The van der Waals surface area contributed by atoms with E-state index in [-0.39, 0.29) is 0 Å². The fraction of sp³-hybridized carbons (Fsp3) is 0. The number of pyridine rings is 1. The molecule has 6 aromatic carbocycles. The van der Waals surface area contributed by atoms with Gasteiger partial charge in [0, 0.05) is 45.0 Å². The Morgan fingerprint density at radius 2 is 0.878 bits per heavy atom. The van der Waals surface area contributed by atoms with Crippen molar-refractivity contribution >= 4 is 22.0 Å². The van der Waals surface area contributed by atoms with Crippen molar-refractivity contribution in [1.82, 2.24) is 24.9 Å². The van der Waals surface area contributed by atoms with Crippen molar-refractivity contribution in [2.75, 3.05) is 0 Å². The molecule has 6 heteroatoms. The number of benzene rings is 6. The quantitative estimate of drug-likeness (QED) is 0.182. The van der Waals surface area contributed by atoms with Crippen LogP contribution in [0.5, 0.6) is 0 Å². The largest absolute Gasteiger partial charge is 0.436 e. The second-order valence-corrected chi connectivity index (χ2v) is 11.8. The Bertz CT molecular complexity index is 2540. The van der Waals surface area contributed by atoms with Crippen molar-refractivity contribution in [3.63, 3.8) is 0 Å². The molecule has 230 valence electrons. The van der Waals surface area contributed by atoms with E-state index in [0.717, 1.165) is 60.9 Å². The molecular weight excluding hydrogens is 603 g/mol. The highest BCUT2D eigenvalue weighted by Gasteiger charge is 2.18. The number of hydrogen-bond donors (Lipinski definition) is 0. The number of aromatic nitrogens is 5. The zero-order valence-electron chi connectivity index (χ0n) is 26.2. The lowest BCUT2D eigenvalue weighted by Gasteiger charge is -2.13. The van der Waals surface area contributed by atoms with Gasteiger partial charge in [-0.3, -0.25) is 4.98 Å². The van der Waals surface area contributed by atoms with Gasteiger partial charge in [0.15, 0.2) is 23.1 Å². The van der Waals surface area contributed by atoms with Crippen LogP contribution in [-0.4, -0.2) is 24.9 Å². The molecule has 0 saturated heterocycles. The topological polar surface area (TPSA) is 77.6 Å². The van der Waals surface area contributed by atoms with Gasteiger partial charge in [0.05, 0.1) is 5.52 Å². The Labute approximate surface area is 282 Å². The van der Waals surface area contributed by atoms with E-state index >= 15 is 0 Å². The van der Waals surface area contributed by atoms with Crippen LogP contribution in [0.1, 0.15) is 0 Å². The molecule has 0 fully saturated rings. The number of para-hydroxylation sites is 2. The standard InChI is InChI=1S/C43H27N5O/c1-4-13-29(14-5-1)40-46-41(30-15-6-2-7-16-30)48-42(47-40)34-26-32(35-21-10-19-28-20-12-24-44-38(28)35)25-33(27-34)36-22-11-23-37-39(36)45-43(49-37)31-17-8-3-9-18-31/h1-27H. The Morgan fingerprint density at radius 1 is 0.367 bits per heavy atom. The van der Waals surface area contributed by atoms with Crippen molar-refractivity contribution in [3.8, 4) is 67.9 Å². The summed E-state index contributed by atoms with van der Waals surface area (Å²) in [6, 6.07) is 52.9. The van der Waals surface area contributed by atoms with E-state index in [1.54, 1.807) is 0 Å². The molecule has 0 saturated carbocycles. The molecule has 0 atom stereocenters. The van der Waals surface area contributed by atoms with E-state index in [0.29, 0.717) is 28.9 Å². The smallest absolute Gasteiger partial charge is 0.227 e. The highest BCUT2D eigenvalue weighted by molar-refractivity contribution is 5.98. The third-order valence-electron chi connectivity index (χ3n) is 8.59. The van der Waals surface area contributed by atoms with Gasteiger partial charge in [0.25, 0.3) is 0 Å². The van der Waals surface area contributed by atoms with Gasteiger partial charge in [-0.05, 0) is 53.6 Å². The third kappa shape index (κ3) is 5.41. The van der Waals surface area contributed by atoms with Crippen LogP contribution in [-0.2, 0) is 0 Å². The summed E-state index contributed by atoms with van der Waals surface area (Å²) < 4.78 is 6.28. The third-order valence-corrected chi connectivity index (χ3v) is 8.59. The predicted molar refractivity (Wildman–Crippen MR) is 195 cm³/mol. The molecule has 0 spiro atoms. The minimum Gasteiger partial charge on any atom is -0.436 e. The monoisotopic (exact) mass is 629 g/mol. The average molecular weight is 630 g/mol. The number of fused-ring (bicyclic) bond motifs is 2. The second kappa shape index (κ2) is 12.1. The van der Waals surface area contributed by atoms with Crippen LogP contribution in [0.2, 0.25) is 0 Å². The van der Waals surface area contributed by atoms with Crippen molar-refractivity contribution in [2.24, 2.45) is 0 Å². The maximum absolute atomic E-state index is 6.28. The molecule has 49 heavy (non-hydrogen) atoms. The van der Waals surface area contributed by atoms with Crippen LogP contribution in [0.25, 0.3) is 89.9 Å². The molecule has 0 aliphatic carbocycles. The lowest BCUT2D eigenvalue weighted by Crippen LogP contribution is -2.00. The number of rotatable bonds is 6. The summed E-state index contributed by atoms with van der Waals surface area (Å²) in [5.74, 6) is 2.36. The van der Waals surface area contributed by atoms with Gasteiger partial charge in [-0.1, -0.05) is 115 Å². The maximum Gasteiger partial charge on any atom is 0.227 e. The van der Waals surface area contributed by atoms with E-state index in [2.05, 4.69) is 48.5 Å². The van der Waals surface area contributed by atoms with Crippen molar-refractivity contribution in [1.29, 1.82) is 0 Å². The highest BCUT2D eigenvalue weighted by Crippen LogP contribution is 2.38. The molecule has 9 aromatic rings. The Balaban J connectivity index is 1.30. The van der Waals surface area contributed by atoms with Crippen molar-refractivity contribution in [3.05, 3.63) is 164 Å². The van der Waals surface area contributed by atoms with E-state index in [9.17, 15) is 0 Å². The van der Waals surface area contributed by atoms with Gasteiger partial charge in [-0.15, -0.1) is 0 Å². The van der Waals surface area contributed by atoms with E-state index in [1.165, 1.54) is 0 Å². The maximum atomic E-state index is 6.28. The zero-order chi connectivity index (χ0) is 32.6.